The van der Waals surface area contributed by atoms with Gasteiger partial charge in [-0.2, -0.15) is 0 Å². The van der Waals surface area contributed by atoms with Crippen molar-refractivity contribution in [1.82, 2.24) is 0 Å². The van der Waals surface area contributed by atoms with Gasteiger partial charge in [0.25, 0.3) is 0 Å². The molecule has 0 saturated carbocycles. The lowest BCUT2D eigenvalue weighted by molar-refractivity contribution is 0.100. The van der Waals surface area contributed by atoms with Gasteiger partial charge in [-0.1, -0.05) is 212 Å². The molecule has 0 fully saturated rings. The predicted molar refractivity (Wildman–Crippen MR) is 255 cm³/mol. The van der Waals surface area contributed by atoms with Crippen LogP contribution in [0.2, 0.25) is 0 Å². The van der Waals surface area contributed by atoms with Crippen LogP contribution in [0.5, 0.6) is 0 Å². The Balaban J connectivity index is 0.000000367. The third-order valence-corrected chi connectivity index (χ3v) is 8.26. The second-order valence-corrected chi connectivity index (χ2v) is 13.5. The largest absolute Gasteiger partial charge is 0.295 e. The minimum Gasteiger partial charge on any atom is -0.295 e. The van der Waals surface area contributed by atoms with E-state index in [0.717, 1.165) is 38.9 Å². The number of benzene rings is 7. The lowest BCUT2D eigenvalue weighted by Crippen LogP contribution is -1.88. The number of carbonyl (C=O) groups excluding carboxylic acids is 7. The summed E-state index contributed by atoms with van der Waals surface area (Å²) in [5.41, 5.74) is 5.43. The highest BCUT2D eigenvalue weighted by Crippen LogP contribution is 2.02. The molecule has 0 unspecified atom stereocenters. The Kier molecular flexibility index (Phi) is 27.1. The summed E-state index contributed by atoms with van der Waals surface area (Å²) in [6, 6.07) is 64.6. The zero-order chi connectivity index (χ0) is 46.8. The summed E-state index contributed by atoms with van der Waals surface area (Å²) in [7, 11) is 0. The van der Waals surface area contributed by atoms with Crippen LogP contribution in [0.4, 0.5) is 0 Å². The maximum absolute atomic E-state index is 10.6. The summed E-state index contributed by atoms with van der Waals surface area (Å²) >= 11 is 0. The van der Waals surface area contributed by atoms with Crippen LogP contribution in [-0.4, -0.2) is 40.5 Å². The van der Waals surface area contributed by atoms with E-state index in [1.54, 1.807) is 48.5 Å². The normalized spacial score (nSPS) is 9.00. The molecule has 0 aliphatic heterocycles. The number of carbonyl (C=O) groups is 7. The zero-order valence-corrected chi connectivity index (χ0v) is 37.1. The molecule has 0 aliphatic rings. The first-order valence-corrected chi connectivity index (χ1v) is 20.1. The highest BCUT2D eigenvalue weighted by atomic mass is 16.1. The lowest BCUT2D eigenvalue weighted by Gasteiger charge is -1.89. The van der Waals surface area contributed by atoms with Gasteiger partial charge in [0, 0.05) is 38.9 Å². The average Bonchev–Trinajstić information content (AvgIpc) is 3.32. The Labute approximate surface area is 372 Å². The molecule has 7 aromatic carbocycles. The molecule has 0 heterocycles. The van der Waals surface area contributed by atoms with E-state index in [1.807, 2.05) is 212 Å². The molecule has 7 rings (SSSR count). The van der Waals surface area contributed by atoms with Gasteiger partial charge in [-0.3, -0.25) is 33.6 Å². The molecule has 0 bridgehead atoms. The Morgan fingerprint density at radius 2 is 0.254 bits per heavy atom. The quantitative estimate of drug-likeness (QED) is 0.147. The van der Waals surface area contributed by atoms with Crippen LogP contribution in [0, 0.1) is 0 Å². The molecular weight excluding hydrogens is 785 g/mol. The summed E-state index contributed by atoms with van der Waals surface area (Å²) in [4.78, 5) is 74.5. The van der Waals surface area contributed by atoms with Gasteiger partial charge in [0.15, 0.2) is 40.5 Å². The van der Waals surface area contributed by atoms with Crippen LogP contribution in [0.15, 0.2) is 212 Å². The smallest absolute Gasteiger partial charge is 0.159 e. The predicted octanol–water partition coefficient (Wildman–Crippen LogP) is 13.2. The highest BCUT2D eigenvalue weighted by molar-refractivity contribution is 5.96. The molecule has 7 nitrogen and oxygen atoms in total. The fourth-order valence-corrected chi connectivity index (χ4v) is 4.71. The second-order valence-electron chi connectivity index (χ2n) is 13.5. The van der Waals surface area contributed by atoms with Crippen LogP contribution >= 0.6 is 0 Å². The molecule has 0 atom stereocenters. The van der Waals surface area contributed by atoms with E-state index >= 15 is 0 Å². The Bertz CT molecular complexity index is 1890. The molecule has 0 aromatic heterocycles. The van der Waals surface area contributed by atoms with Gasteiger partial charge in [-0.15, -0.1) is 0 Å². The van der Waals surface area contributed by atoms with E-state index in [4.69, 9.17) is 0 Å². The standard InChI is InChI=1S/7C8H8O/c7*1-7(9)8-5-3-2-4-6-8/h7*2-6H,1H3. The summed E-state index contributed by atoms with van der Waals surface area (Å²) < 4.78 is 0. The molecule has 7 heteroatoms. The van der Waals surface area contributed by atoms with Crippen molar-refractivity contribution >= 4 is 40.5 Å². The van der Waals surface area contributed by atoms with Gasteiger partial charge >= 0.3 is 0 Å². The number of hydrogen-bond acceptors (Lipinski definition) is 7. The Morgan fingerprint density at radius 1 is 0.175 bits per heavy atom. The number of rotatable bonds is 7. The Morgan fingerprint density at radius 3 is 0.302 bits per heavy atom. The minimum absolute atomic E-state index is 0.121. The molecule has 0 N–H and O–H groups in total. The van der Waals surface area contributed by atoms with Crippen molar-refractivity contribution in [2.75, 3.05) is 0 Å². The summed E-state index contributed by atoms with van der Waals surface area (Å²) in [6.45, 7) is 11.0. The Hall–Kier alpha value is -7.77. The molecule has 0 amide bonds. The first-order chi connectivity index (χ1) is 30.1. The van der Waals surface area contributed by atoms with Gasteiger partial charge in [0.1, 0.15) is 0 Å². The summed E-state index contributed by atoms with van der Waals surface area (Å²) in [5.74, 6) is 0.846. The molecular formula is C56H56O7. The van der Waals surface area contributed by atoms with Crippen molar-refractivity contribution in [2.24, 2.45) is 0 Å². The molecule has 0 saturated heterocycles. The molecule has 0 spiro atoms. The molecule has 63 heavy (non-hydrogen) atoms. The fourth-order valence-electron chi connectivity index (χ4n) is 4.71. The number of hydrogen-bond donors (Lipinski definition) is 0. The van der Waals surface area contributed by atoms with E-state index < -0.39 is 0 Å². The average molecular weight is 841 g/mol. The second kappa shape index (κ2) is 32.1. The third-order valence-electron chi connectivity index (χ3n) is 8.26. The van der Waals surface area contributed by atoms with Gasteiger partial charge in [0.05, 0.1) is 0 Å². The molecule has 322 valence electrons. The first kappa shape index (κ1) is 53.2. The third kappa shape index (κ3) is 25.5. The molecule has 0 radical (unpaired) electrons. The van der Waals surface area contributed by atoms with Crippen molar-refractivity contribution < 1.29 is 33.6 Å². The van der Waals surface area contributed by atoms with Crippen LogP contribution in [0.1, 0.15) is 121 Å². The van der Waals surface area contributed by atoms with Gasteiger partial charge in [-0.05, 0) is 48.5 Å². The van der Waals surface area contributed by atoms with Crippen molar-refractivity contribution in [3.8, 4) is 0 Å². The summed E-state index contributed by atoms with van der Waals surface area (Å²) in [5, 5.41) is 0. The van der Waals surface area contributed by atoms with Crippen molar-refractivity contribution in [1.29, 1.82) is 0 Å². The van der Waals surface area contributed by atoms with E-state index in [-0.39, 0.29) is 40.5 Å². The van der Waals surface area contributed by atoms with Gasteiger partial charge in [-0.25, -0.2) is 0 Å². The van der Waals surface area contributed by atoms with Gasteiger partial charge in [0.2, 0.25) is 0 Å². The maximum atomic E-state index is 10.6. The summed E-state index contributed by atoms with van der Waals surface area (Å²) in [6.07, 6.45) is 0. The minimum atomic E-state index is 0.121. The van der Waals surface area contributed by atoms with Crippen LogP contribution in [-0.2, 0) is 0 Å². The van der Waals surface area contributed by atoms with E-state index in [9.17, 15) is 33.6 Å². The van der Waals surface area contributed by atoms with Crippen molar-refractivity contribution in [3.63, 3.8) is 0 Å². The van der Waals surface area contributed by atoms with Crippen LogP contribution < -0.4 is 0 Å². The lowest BCUT2D eigenvalue weighted by atomic mass is 10.2. The van der Waals surface area contributed by atoms with E-state index in [0.29, 0.717) is 0 Å². The van der Waals surface area contributed by atoms with Crippen LogP contribution in [0.25, 0.3) is 0 Å². The van der Waals surface area contributed by atoms with Gasteiger partial charge < -0.3 is 0 Å². The van der Waals surface area contributed by atoms with Crippen molar-refractivity contribution in [2.45, 2.75) is 48.5 Å². The maximum Gasteiger partial charge on any atom is 0.159 e. The fraction of sp³-hybridized carbons (Fsp3) is 0.125. The monoisotopic (exact) mass is 840 g/mol. The SMILES string of the molecule is CC(=O)c1ccccc1.CC(=O)c1ccccc1.CC(=O)c1ccccc1.CC(=O)c1ccccc1.CC(=O)c1ccccc1.CC(=O)c1ccccc1.CC(=O)c1ccccc1. The number of ketones is 7. The number of Topliss-reactive ketones (excluding diaryl/α,β-unsaturated/α-hetero) is 7. The molecule has 7 aromatic rings. The first-order valence-electron chi connectivity index (χ1n) is 20.1. The van der Waals surface area contributed by atoms with Crippen molar-refractivity contribution in [3.05, 3.63) is 251 Å². The topological polar surface area (TPSA) is 119 Å². The molecule has 0 aliphatic carbocycles. The van der Waals surface area contributed by atoms with E-state index in [1.165, 1.54) is 0 Å². The zero-order valence-electron chi connectivity index (χ0n) is 37.1. The van der Waals surface area contributed by atoms with E-state index in [2.05, 4.69) is 0 Å². The highest BCUT2D eigenvalue weighted by Gasteiger charge is 1.97. The van der Waals surface area contributed by atoms with Crippen LogP contribution in [0.3, 0.4) is 0 Å².